The lowest BCUT2D eigenvalue weighted by Crippen LogP contribution is -2.13. The number of halogens is 1. The number of thioether (sulfide) groups is 1. The molecule has 0 unspecified atom stereocenters. The molecule has 2 heterocycles. The van der Waals surface area contributed by atoms with Gasteiger partial charge < -0.3 is 19.5 Å². The SMILES string of the molecule is CCOc1ccccc1Nc1nnc(SCc2cc(F)cc3c2OCOC3)s1. The molecule has 146 valence electrons. The summed E-state index contributed by atoms with van der Waals surface area (Å²) in [6.45, 7) is 3.07. The third kappa shape index (κ3) is 4.37. The van der Waals surface area contributed by atoms with Gasteiger partial charge in [-0.25, -0.2) is 4.39 Å². The molecule has 2 aromatic carbocycles. The van der Waals surface area contributed by atoms with Crippen molar-refractivity contribution in [2.75, 3.05) is 18.7 Å². The summed E-state index contributed by atoms with van der Waals surface area (Å²) in [6.07, 6.45) is 0. The molecule has 0 bridgehead atoms. The number of anilines is 2. The van der Waals surface area contributed by atoms with Crippen molar-refractivity contribution in [1.82, 2.24) is 10.2 Å². The van der Waals surface area contributed by atoms with E-state index in [2.05, 4.69) is 15.5 Å². The molecule has 0 saturated heterocycles. The zero-order valence-corrected chi connectivity index (χ0v) is 16.7. The molecular weight excluding hydrogens is 401 g/mol. The second kappa shape index (κ2) is 8.76. The third-order valence-corrected chi connectivity index (χ3v) is 5.96. The molecule has 4 rings (SSSR count). The Kier molecular flexibility index (Phi) is 5.94. The summed E-state index contributed by atoms with van der Waals surface area (Å²) < 4.78 is 31.0. The molecule has 0 amide bonds. The van der Waals surface area contributed by atoms with Gasteiger partial charge in [0.25, 0.3) is 0 Å². The number of hydrogen-bond donors (Lipinski definition) is 1. The zero-order valence-electron chi connectivity index (χ0n) is 15.1. The van der Waals surface area contributed by atoms with Crippen LogP contribution in [0.1, 0.15) is 18.1 Å². The van der Waals surface area contributed by atoms with Crippen LogP contribution in [0.3, 0.4) is 0 Å². The highest BCUT2D eigenvalue weighted by molar-refractivity contribution is 8.00. The van der Waals surface area contributed by atoms with Gasteiger partial charge in [-0.15, -0.1) is 10.2 Å². The second-order valence-corrected chi connectivity index (χ2v) is 8.08. The second-order valence-electron chi connectivity index (χ2n) is 5.88. The van der Waals surface area contributed by atoms with Crippen molar-refractivity contribution in [2.45, 2.75) is 23.6 Å². The van der Waals surface area contributed by atoms with Crippen molar-refractivity contribution in [3.63, 3.8) is 0 Å². The molecule has 9 heteroatoms. The Morgan fingerprint density at radius 2 is 2.18 bits per heavy atom. The van der Waals surface area contributed by atoms with Crippen molar-refractivity contribution in [2.24, 2.45) is 0 Å². The van der Waals surface area contributed by atoms with Gasteiger partial charge in [0.15, 0.2) is 11.1 Å². The van der Waals surface area contributed by atoms with E-state index in [1.807, 2.05) is 31.2 Å². The maximum Gasteiger partial charge on any atom is 0.210 e. The lowest BCUT2D eigenvalue weighted by atomic mass is 10.1. The van der Waals surface area contributed by atoms with Gasteiger partial charge in [-0.05, 0) is 31.2 Å². The molecule has 0 fully saturated rings. The van der Waals surface area contributed by atoms with Gasteiger partial charge in [0.1, 0.15) is 17.3 Å². The fourth-order valence-corrected chi connectivity index (χ4v) is 4.52. The van der Waals surface area contributed by atoms with Gasteiger partial charge in [-0.3, -0.25) is 0 Å². The maximum atomic E-state index is 13.9. The van der Waals surface area contributed by atoms with E-state index in [1.54, 1.807) is 0 Å². The minimum Gasteiger partial charge on any atom is -0.492 e. The van der Waals surface area contributed by atoms with Crippen LogP contribution in [-0.4, -0.2) is 23.6 Å². The van der Waals surface area contributed by atoms with E-state index >= 15 is 0 Å². The van der Waals surface area contributed by atoms with Crippen molar-refractivity contribution < 1.29 is 18.6 Å². The van der Waals surface area contributed by atoms with Crippen LogP contribution in [0, 0.1) is 5.82 Å². The molecule has 0 aliphatic carbocycles. The Hall–Kier alpha value is -2.36. The Balaban J connectivity index is 1.44. The van der Waals surface area contributed by atoms with Crippen LogP contribution in [0.4, 0.5) is 15.2 Å². The van der Waals surface area contributed by atoms with Crippen LogP contribution in [0.25, 0.3) is 0 Å². The number of nitrogens with one attached hydrogen (secondary N) is 1. The smallest absolute Gasteiger partial charge is 0.210 e. The van der Waals surface area contributed by atoms with E-state index in [1.165, 1.54) is 35.2 Å². The number of hydrogen-bond acceptors (Lipinski definition) is 8. The quantitative estimate of drug-likeness (QED) is 0.542. The van der Waals surface area contributed by atoms with E-state index in [0.29, 0.717) is 29.8 Å². The monoisotopic (exact) mass is 419 g/mol. The molecule has 1 aromatic heterocycles. The number of aromatic nitrogens is 2. The molecule has 1 aliphatic rings. The molecule has 1 aliphatic heterocycles. The van der Waals surface area contributed by atoms with Gasteiger partial charge in [0, 0.05) is 16.9 Å². The number of nitrogens with zero attached hydrogens (tertiary/aromatic N) is 2. The van der Waals surface area contributed by atoms with Crippen molar-refractivity contribution in [1.29, 1.82) is 0 Å². The minimum absolute atomic E-state index is 0.183. The predicted octanol–water partition coefficient (Wildman–Crippen LogP) is 4.98. The lowest BCUT2D eigenvalue weighted by Gasteiger charge is -2.20. The number of benzene rings is 2. The average molecular weight is 420 g/mol. The summed E-state index contributed by atoms with van der Waals surface area (Å²) in [7, 11) is 0. The molecule has 0 radical (unpaired) electrons. The standard InChI is InChI=1S/C19H18FN3O3S2/c1-2-25-16-6-4-3-5-15(16)21-18-22-23-19(28-18)27-10-13-8-14(20)7-12-9-24-11-26-17(12)13/h3-8H,2,9-11H2,1H3,(H,21,22). The summed E-state index contributed by atoms with van der Waals surface area (Å²) in [5, 5.41) is 12.3. The summed E-state index contributed by atoms with van der Waals surface area (Å²) in [5.74, 6) is 1.70. The number of fused-ring (bicyclic) bond motifs is 1. The highest BCUT2D eigenvalue weighted by atomic mass is 32.2. The highest BCUT2D eigenvalue weighted by Crippen LogP contribution is 2.36. The van der Waals surface area contributed by atoms with E-state index in [4.69, 9.17) is 14.2 Å². The Bertz CT molecular complexity index is 967. The van der Waals surface area contributed by atoms with E-state index in [-0.39, 0.29) is 12.6 Å². The van der Waals surface area contributed by atoms with Crippen LogP contribution in [0.5, 0.6) is 11.5 Å². The van der Waals surface area contributed by atoms with Gasteiger partial charge in [0.2, 0.25) is 5.13 Å². The summed E-state index contributed by atoms with van der Waals surface area (Å²) in [4.78, 5) is 0. The molecule has 6 nitrogen and oxygen atoms in total. The minimum atomic E-state index is -0.296. The Morgan fingerprint density at radius 3 is 3.07 bits per heavy atom. The van der Waals surface area contributed by atoms with Gasteiger partial charge in [0.05, 0.1) is 18.9 Å². The van der Waals surface area contributed by atoms with E-state index in [0.717, 1.165) is 26.9 Å². The van der Waals surface area contributed by atoms with Crippen molar-refractivity contribution in [3.8, 4) is 11.5 Å². The number of rotatable bonds is 7. The highest BCUT2D eigenvalue weighted by Gasteiger charge is 2.18. The topological polar surface area (TPSA) is 65.5 Å². The number of para-hydroxylation sites is 2. The van der Waals surface area contributed by atoms with Crippen LogP contribution >= 0.6 is 23.1 Å². The summed E-state index contributed by atoms with van der Waals surface area (Å²) >= 11 is 2.92. The molecule has 0 atom stereocenters. The first-order valence-corrected chi connectivity index (χ1v) is 10.5. The molecule has 0 spiro atoms. The fraction of sp³-hybridized carbons (Fsp3) is 0.263. The fourth-order valence-electron chi connectivity index (χ4n) is 2.79. The normalized spacial score (nSPS) is 12.9. The molecule has 3 aromatic rings. The zero-order chi connectivity index (χ0) is 19.3. The van der Waals surface area contributed by atoms with E-state index in [9.17, 15) is 4.39 Å². The molecule has 28 heavy (non-hydrogen) atoms. The summed E-state index contributed by atoms with van der Waals surface area (Å²) in [6, 6.07) is 10.6. The Morgan fingerprint density at radius 1 is 1.29 bits per heavy atom. The molecule has 0 saturated carbocycles. The van der Waals surface area contributed by atoms with Crippen LogP contribution in [-0.2, 0) is 17.1 Å². The van der Waals surface area contributed by atoms with E-state index < -0.39 is 0 Å². The van der Waals surface area contributed by atoms with Crippen LogP contribution in [0.2, 0.25) is 0 Å². The lowest BCUT2D eigenvalue weighted by molar-refractivity contribution is -0.0171. The summed E-state index contributed by atoms with van der Waals surface area (Å²) in [5.41, 5.74) is 2.35. The largest absolute Gasteiger partial charge is 0.492 e. The van der Waals surface area contributed by atoms with Crippen molar-refractivity contribution >= 4 is 33.9 Å². The predicted molar refractivity (Wildman–Crippen MR) is 107 cm³/mol. The Labute approximate surface area is 170 Å². The van der Waals surface area contributed by atoms with Gasteiger partial charge in [-0.2, -0.15) is 0 Å². The van der Waals surface area contributed by atoms with Crippen molar-refractivity contribution in [3.05, 3.63) is 53.3 Å². The number of ether oxygens (including phenoxy) is 3. The first-order chi connectivity index (χ1) is 13.7. The molecule has 1 N–H and O–H groups in total. The third-order valence-electron chi connectivity index (χ3n) is 3.94. The van der Waals surface area contributed by atoms with Crippen LogP contribution < -0.4 is 14.8 Å². The first kappa shape index (κ1) is 19.0. The average Bonchev–Trinajstić information content (AvgIpc) is 3.15. The van der Waals surface area contributed by atoms with Crippen LogP contribution in [0.15, 0.2) is 40.7 Å². The van der Waals surface area contributed by atoms with Gasteiger partial charge in [-0.1, -0.05) is 35.2 Å². The first-order valence-electron chi connectivity index (χ1n) is 8.70. The maximum absolute atomic E-state index is 13.9. The molecular formula is C19H18FN3O3S2. The van der Waals surface area contributed by atoms with Gasteiger partial charge >= 0.3 is 0 Å².